The number of aliphatic hydroxyl groups excluding tert-OH is 2. The second-order valence-electron chi connectivity index (χ2n) is 11.1. The van der Waals surface area contributed by atoms with Crippen molar-refractivity contribution in [3.63, 3.8) is 0 Å². The molecule has 0 bridgehead atoms. The van der Waals surface area contributed by atoms with Crippen LogP contribution >= 0.6 is 0 Å². The van der Waals surface area contributed by atoms with Crippen molar-refractivity contribution < 1.29 is 23.8 Å². The molecule has 1 aliphatic rings. The van der Waals surface area contributed by atoms with Crippen molar-refractivity contribution in [2.24, 2.45) is 11.3 Å². The standard InChI is InChI=1S/C29H36F2N4O3/c1-18(36)28(38)35(16-20-13-32-14-25(20)37)26(29(2,3)4)27-33-24(22-12-21(30)10-11-23(22)31)17-34(27)15-19-8-6-5-7-9-19/h5-12,17-18,20,25-26,32,36-37H,13-16H2,1-4H3/t18-,20-,25+,26-/m0/s1. The molecule has 2 aromatic carbocycles. The van der Waals surface area contributed by atoms with Gasteiger partial charge in [0.15, 0.2) is 0 Å². The van der Waals surface area contributed by atoms with Crippen molar-refractivity contribution >= 4 is 5.91 Å². The van der Waals surface area contributed by atoms with Gasteiger partial charge in [-0.15, -0.1) is 0 Å². The summed E-state index contributed by atoms with van der Waals surface area (Å²) in [6.45, 7) is 8.85. The second-order valence-corrected chi connectivity index (χ2v) is 11.1. The number of nitrogens with zero attached hydrogens (tertiary/aromatic N) is 3. The molecule has 9 heteroatoms. The van der Waals surface area contributed by atoms with Gasteiger partial charge in [0, 0.05) is 43.9 Å². The van der Waals surface area contributed by atoms with E-state index in [9.17, 15) is 23.8 Å². The molecule has 38 heavy (non-hydrogen) atoms. The zero-order chi connectivity index (χ0) is 27.6. The lowest BCUT2D eigenvalue weighted by Crippen LogP contribution is -2.49. The third-order valence-electron chi connectivity index (χ3n) is 6.96. The third-order valence-corrected chi connectivity index (χ3v) is 6.96. The van der Waals surface area contributed by atoms with Gasteiger partial charge in [-0.1, -0.05) is 51.1 Å². The maximum absolute atomic E-state index is 14.8. The first kappa shape index (κ1) is 27.9. The molecule has 1 saturated heterocycles. The van der Waals surface area contributed by atoms with Gasteiger partial charge in [0.2, 0.25) is 0 Å². The van der Waals surface area contributed by atoms with E-state index in [2.05, 4.69) is 5.32 Å². The Kier molecular flexibility index (Phi) is 8.30. The Morgan fingerprint density at radius 1 is 1.18 bits per heavy atom. The summed E-state index contributed by atoms with van der Waals surface area (Å²) < 4.78 is 30.8. The Morgan fingerprint density at radius 3 is 2.50 bits per heavy atom. The van der Waals surface area contributed by atoms with Gasteiger partial charge in [-0.2, -0.15) is 0 Å². The molecule has 204 valence electrons. The average molecular weight is 527 g/mol. The molecule has 3 N–H and O–H groups in total. The lowest BCUT2D eigenvalue weighted by molar-refractivity contribution is -0.146. The van der Waals surface area contributed by atoms with Crippen molar-refractivity contribution in [2.75, 3.05) is 19.6 Å². The minimum Gasteiger partial charge on any atom is -0.391 e. The van der Waals surface area contributed by atoms with E-state index in [0.29, 0.717) is 25.5 Å². The van der Waals surface area contributed by atoms with Gasteiger partial charge in [-0.05, 0) is 36.1 Å². The fraction of sp³-hybridized carbons (Fsp3) is 0.448. The summed E-state index contributed by atoms with van der Waals surface area (Å²) in [7, 11) is 0. The van der Waals surface area contributed by atoms with Crippen LogP contribution < -0.4 is 5.32 Å². The Bertz CT molecular complexity index is 1260. The number of amides is 1. The number of β-amino-alcohol motifs (C(OH)–C–C–N with tert-alkyl or cyclic N) is 1. The Morgan fingerprint density at radius 2 is 1.89 bits per heavy atom. The molecule has 4 rings (SSSR count). The molecule has 7 nitrogen and oxygen atoms in total. The summed E-state index contributed by atoms with van der Waals surface area (Å²) in [5.41, 5.74) is 0.664. The first-order valence-electron chi connectivity index (χ1n) is 12.9. The number of nitrogens with one attached hydrogen (secondary N) is 1. The van der Waals surface area contributed by atoms with E-state index < -0.39 is 41.2 Å². The van der Waals surface area contributed by atoms with Gasteiger partial charge < -0.3 is 25.0 Å². The number of hydrogen-bond acceptors (Lipinski definition) is 5. The highest BCUT2D eigenvalue weighted by atomic mass is 19.1. The third kappa shape index (κ3) is 6.11. The number of imidazole rings is 1. The van der Waals surface area contributed by atoms with Crippen LogP contribution in [-0.4, -0.2) is 62.4 Å². The molecule has 0 aliphatic carbocycles. The molecule has 0 radical (unpaired) electrons. The molecule has 1 aromatic heterocycles. The molecule has 0 unspecified atom stereocenters. The van der Waals surface area contributed by atoms with Crippen LogP contribution in [0.4, 0.5) is 8.78 Å². The maximum Gasteiger partial charge on any atom is 0.251 e. The van der Waals surface area contributed by atoms with Crippen molar-refractivity contribution in [3.05, 3.63) is 77.8 Å². The van der Waals surface area contributed by atoms with Gasteiger partial charge >= 0.3 is 0 Å². The quantitative estimate of drug-likeness (QED) is 0.416. The van der Waals surface area contributed by atoms with Crippen LogP contribution in [0.3, 0.4) is 0 Å². The van der Waals surface area contributed by atoms with Crippen molar-refractivity contribution in [1.29, 1.82) is 0 Å². The Hall–Kier alpha value is -3.14. The van der Waals surface area contributed by atoms with Crippen LogP contribution in [-0.2, 0) is 11.3 Å². The molecule has 1 aliphatic heterocycles. The Labute approximate surface area is 222 Å². The zero-order valence-electron chi connectivity index (χ0n) is 22.2. The van der Waals surface area contributed by atoms with Crippen LogP contribution in [0.1, 0.15) is 45.1 Å². The lowest BCUT2D eigenvalue weighted by Gasteiger charge is -2.42. The van der Waals surface area contributed by atoms with E-state index in [1.165, 1.54) is 6.92 Å². The van der Waals surface area contributed by atoms with Gasteiger partial charge in [-0.3, -0.25) is 4.79 Å². The van der Waals surface area contributed by atoms with E-state index in [1.54, 1.807) is 11.1 Å². The molecule has 0 saturated carbocycles. The second kappa shape index (κ2) is 11.3. The van der Waals surface area contributed by atoms with Gasteiger partial charge in [0.25, 0.3) is 5.91 Å². The number of halogens is 2. The van der Waals surface area contributed by atoms with Crippen LogP contribution in [0.5, 0.6) is 0 Å². The molecule has 0 spiro atoms. The number of hydrogen-bond donors (Lipinski definition) is 3. The van der Waals surface area contributed by atoms with Crippen molar-refractivity contribution in [3.8, 4) is 11.3 Å². The molecule has 1 fully saturated rings. The van der Waals surface area contributed by atoms with Gasteiger partial charge in [0.1, 0.15) is 23.6 Å². The predicted molar refractivity (Wildman–Crippen MR) is 141 cm³/mol. The summed E-state index contributed by atoms with van der Waals surface area (Å²) in [6.07, 6.45) is -0.236. The number of carbonyl (C=O) groups excluding carboxylic acids is 1. The maximum atomic E-state index is 14.8. The molecule has 4 atom stereocenters. The first-order valence-corrected chi connectivity index (χ1v) is 12.9. The first-order chi connectivity index (χ1) is 18.0. The van der Waals surface area contributed by atoms with E-state index in [0.717, 1.165) is 23.8 Å². The molecule has 2 heterocycles. The number of carbonyl (C=O) groups is 1. The van der Waals surface area contributed by atoms with E-state index in [4.69, 9.17) is 4.98 Å². The van der Waals surface area contributed by atoms with Crippen molar-refractivity contribution in [2.45, 2.75) is 52.5 Å². The predicted octanol–water partition coefficient (Wildman–Crippen LogP) is 3.75. The minimum atomic E-state index is -1.27. The van der Waals surface area contributed by atoms with E-state index in [1.807, 2.05) is 55.7 Å². The summed E-state index contributed by atoms with van der Waals surface area (Å²) in [5.74, 6) is -1.43. The largest absolute Gasteiger partial charge is 0.391 e. The SMILES string of the molecule is C[C@H](O)C(=O)N(C[C@@H]1CNC[C@H]1O)[C@@H](c1nc(-c2cc(F)ccc2F)cn1Cc1ccccc1)C(C)(C)C. The highest BCUT2D eigenvalue weighted by molar-refractivity contribution is 5.80. The summed E-state index contributed by atoms with van der Waals surface area (Å²) in [5, 5.41) is 24.0. The number of rotatable bonds is 8. The number of benzene rings is 2. The van der Waals surface area contributed by atoms with Gasteiger partial charge in [0.05, 0.1) is 17.8 Å². The Balaban J connectivity index is 1.88. The van der Waals surface area contributed by atoms with E-state index >= 15 is 0 Å². The normalized spacial score (nSPS) is 19.4. The summed E-state index contributed by atoms with van der Waals surface area (Å²) in [4.78, 5) is 19.9. The van der Waals surface area contributed by atoms with Crippen molar-refractivity contribution in [1.82, 2.24) is 19.8 Å². The highest BCUT2D eigenvalue weighted by Gasteiger charge is 2.41. The summed E-state index contributed by atoms with van der Waals surface area (Å²) in [6, 6.07) is 12.2. The molecule has 1 amide bonds. The fourth-order valence-electron chi connectivity index (χ4n) is 5.09. The number of aromatic nitrogens is 2. The van der Waals surface area contributed by atoms with Crippen LogP contribution in [0.2, 0.25) is 0 Å². The smallest absolute Gasteiger partial charge is 0.251 e. The van der Waals surface area contributed by atoms with Crippen LogP contribution in [0.25, 0.3) is 11.3 Å². The van der Waals surface area contributed by atoms with Gasteiger partial charge in [-0.25, -0.2) is 13.8 Å². The molecular formula is C29H36F2N4O3. The average Bonchev–Trinajstić information content (AvgIpc) is 3.45. The lowest BCUT2D eigenvalue weighted by atomic mass is 9.83. The van der Waals surface area contributed by atoms with Crippen LogP contribution in [0.15, 0.2) is 54.7 Å². The fourth-order valence-corrected chi connectivity index (χ4v) is 5.09. The zero-order valence-corrected chi connectivity index (χ0v) is 22.2. The van der Waals surface area contributed by atoms with Crippen LogP contribution in [0, 0.1) is 23.0 Å². The molecular weight excluding hydrogens is 490 g/mol. The monoisotopic (exact) mass is 526 g/mol. The number of aliphatic hydroxyl groups is 2. The molecule has 3 aromatic rings. The van der Waals surface area contributed by atoms with E-state index in [-0.39, 0.29) is 23.7 Å². The highest BCUT2D eigenvalue weighted by Crippen LogP contribution is 2.40. The summed E-state index contributed by atoms with van der Waals surface area (Å²) >= 11 is 0. The topological polar surface area (TPSA) is 90.6 Å². The minimum absolute atomic E-state index is 0.0227.